The topological polar surface area (TPSA) is 9.23 Å². The molecule has 0 saturated carbocycles. The van der Waals surface area contributed by atoms with Crippen LogP contribution in [-0.4, -0.2) is 0 Å². The largest absolute Gasteiger partial charge is 0.457 e. The molecule has 0 radical (unpaired) electrons. The Kier molecular flexibility index (Phi) is 7.48. The molecular weight excluding hydrogens is 432 g/mol. The molecular formula is C32H34OS. The monoisotopic (exact) mass is 466 g/mol. The number of aryl methyl sites for hydroxylation is 8. The summed E-state index contributed by atoms with van der Waals surface area (Å²) in [6.07, 6.45) is 2.07. The van der Waals surface area contributed by atoms with Gasteiger partial charge in [0, 0.05) is 9.79 Å². The zero-order chi connectivity index (χ0) is 24.2. The summed E-state index contributed by atoms with van der Waals surface area (Å²) in [6.45, 7) is 13.0. The Morgan fingerprint density at radius 3 is 1.47 bits per heavy atom. The van der Waals surface area contributed by atoms with Crippen LogP contribution in [0.4, 0.5) is 0 Å². The van der Waals surface area contributed by atoms with Crippen molar-refractivity contribution in [1.82, 2.24) is 0 Å². The van der Waals surface area contributed by atoms with Crippen molar-refractivity contribution in [2.24, 2.45) is 0 Å². The molecule has 0 aliphatic heterocycles. The molecule has 0 atom stereocenters. The van der Waals surface area contributed by atoms with E-state index in [9.17, 15) is 0 Å². The SMILES string of the molecule is Cc1ccc(Oc2ccc(CCc3ccc(Sc4ccc(C)c(C)c4)cc3C)c(C)c2)cc1C. The average molecular weight is 467 g/mol. The number of ether oxygens (including phenoxy) is 1. The van der Waals surface area contributed by atoms with Gasteiger partial charge in [0.1, 0.15) is 11.5 Å². The molecule has 174 valence electrons. The van der Waals surface area contributed by atoms with Crippen molar-refractivity contribution in [3.05, 3.63) is 117 Å². The van der Waals surface area contributed by atoms with Gasteiger partial charge in [0.25, 0.3) is 0 Å². The van der Waals surface area contributed by atoms with Gasteiger partial charge in [0.2, 0.25) is 0 Å². The molecule has 0 unspecified atom stereocenters. The maximum Gasteiger partial charge on any atom is 0.127 e. The van der Waals surface area contributed by atoms with Crippen LogP contribution in [0.15, 0.2) is 82.6 Å². The van der Waals surface area contributed by atoms with E-state index in [4.69, 9.17) is 4.74 Å². The summed E-state index contributed by atoms with van der Waals surface area (Å²) in [5, 5.41) is 0. The van der Waals surface area contributed by atoms with Crippen LogP contribution in [0.2, 0.25) is 0 Å². The molecule has 1 nitrogen and oxygen atoms in total. The molecule has 0 spiro atoms. The maximum absolute atomic E-state index is 6.11. The van der Waals surface area contributed by atoms with E-state index in [1.54, 1.807) is 0 Å². The first-order valence-electron chi connectivity index (χ1n) is 12.0. The lowest BCUT2D eigenvalue weighted by atomic mass is 9.98. The Labute approximate surface area is 209 Å². The van der Waals surface area contributed by atoms with E-state index in [0.29, 0.717) is 0 Å². The lowest BCUT2D eigenvalue weighted by Crippen LogP contribution is -1.97. The predicted octanol–water partition coefficient (Wildman–Crippen LogP) is 9.27. The molecule has 4 aromatic rings. The van der Waals surface area contributed by atoms with Crippen molar-refractivity contribution >= 4 is 11.8 Å². The second-order valence-corrected chi connectivity index (χ2v) is 10.5. The van der Waals surface area contributed by atoms with Crippen LogP contribution in [0.25, 0.3) is 0 Å². The molecule has 0 bridgehead atoms. The van der Waals surface area contributed by atoms with E-state index >= 15 is 0 Å². The molecule has 0 aliphatic carbocycles. The second kappa shape index (κ2) is 10.5. The smallest absolute Gasteiger partial charge is 0.127 e. The predicted molar refractivity (Wildman–Crippen MR) is 146 cm³/mol. The van der Waals surface area contributed by atoms with Gasteiger partial charge in [-0.3, -0.25) is 0 Å². The zero-order valence-electron chi connectivity index (χ0n) is 21.2. The van der Waals surface area contributed by atoms with Crippen LogP contribution in [0.5, 0.6) is 11.5 Å². The highest BCUT2D eigenvalue weighted by molar-refractivity contribution is 7.99. The molecule has 4 rings (SSSR count). The zero-order valence-corrected chi connectivity index (χ0v) is 22.0. The summed E-state index contributed by atoms with van der Waals surface area (Å²) in [7, 11) is 0. The Hall–Kier alpha value is -2.97. The fourth-order valence-corrected chi connectivity index (χ4v) is 5.14. The minimum absolute atomic E-state index is 0.893. The second-order valence-electron chi connectivity index (χ2n) is 9.37. The van der Waals surface area contributed by atoms with Gasteiger partial charge in [-0.05, 0) is 147 Å². The van der Waals surface area contributed by atoms with Gasteiger partial charge < -0.3 is 4.74 Å². The Morgan fingerprint density at radius 1 is 0.471 bits per heavy atom. The average Bonchev–Trinajstić information content (AvgIpc) is 2.79. The van der Waals surface area contributed by atoms with Crippen LogP contribution in [0.1, 0.15) is 44.5 Å². The first kappa shape index (κ1) is 24.2. The van der Waals surface area contributed by atoms with Crippen LogP contribution >= 0.6 is 11.8 Å². The highest BCUT2D eigenvalue weighted by Crippen LogP contribution is 2.31. The van der Waals surface area contributed by atoms with Gasteiger partial charge in [0.15, 0.2) is 0 Å². The van der Waals surface area contributed by atoms with E-state index in [1.807, 2.05) is 17.8 Å². The lowest BCUT2D eigenvalue weighted by molar-refractivity contribution is 0.481. The summed E-state index contributed by atoms with van der Waals surface area (Å²) >= 11 is 1.84. The minimum Gasteiger partial charge on any atom is -0.457 e. The quantitative estimate of drug-likeness (QED) is 0.268. The Balaban J connectivity index is 1.39. The summed E-state index contributed by atoms with van der Waals surface area (Å²) in [5.41, 5.74) is 10.7. The van der Waals surface area contributed by atoms with Crippen molar-refractivity contribution in [3.8, 4) is 11.5 Å². The summed E-state index contributed by atoms with van der Waals surface area (Å²) in [4.78, 5) is 2.60. The summed E-state index contributed by atoms with van der Waals surface area (Å²) in [6, 6.07) is 26.3. The molecule has 0 aromatic heterocycles. The molecule has 0 amide bonds. The van der Waals surface area contributed by atoms with Gasteiger partial charge in [-0.15, -0.1) is 0 Å². The first-order chi connectivity index (χ1) is 16.3. The molecule has 34 heavy (non-hydrogen) atoms. The minimum atomic E-state index is 0.893. The van der Waals surface area contributed by atoms with Crippen LogP contribution in [0.3, 0.4) is 0 Å². The lowest BCUT2D eigenvalue weighted by Gasteiger charge is -2.13. The van der Waals surface area contributed by atoms with Crippen molar-refractivity contribution < 1.29 is 4.74 Å². The third kappa shape index (κ3) is 5.93. The third-order valence-electron chi connectivity index (χ3n) is 6.72. The van der Waals surface area contributed by atoms with Crippen LogP contribution in [0, 0.1) is 41.5 Å². The highest BCUT2D eigenvalue weighted by Gasteiger charge is 2.07. The number of rotatable bonds is 7. The van der Waals surface area contributed by atoms with Crippen molar-refractivity contribution in [3.63, 3.8) is 0 Å². The van der Waals surface area contributed by atoms with Crippen molar-refractivity contribution in [2.45, 2.75) is 64.2 Å². The third-order valence-corrected chi connectivity index (χ3v) is 7.70. The van der Waals surface area contributed by atoms with Gasteiger partial charge in [0.05, 0.1) is 0 Å². The number of hydrogen-bond acceptors (Lipinski definition) is 2. The molecule has 0 N–H and O–H groups in total. The molecule has 0 heterocycles. The fourth-order valence-electron chi connectivity index (χ4n) is 4.12. The van der Waals surface area contributed by atoms with Crippen LogP contribution in [-0.2, 0) is 12.8 Å². The molecule has 0 saturated heterocycles. The first-order valence-corrected chi connectivity index (χ1v) is 12.8. The van der Waals surface area contributed by atoms with E-state index in [2.05, 4.69) is 108 Å². The molecule has 4 aromatic carbocycles. The number of hydrogen-bond donors (Lipinski definition) is 0. The normalized spacial score (nSPS) is 11.0. The highest BCUT2D eigenvalue weighted by atomic mass is 32.2. The van der Waals surface area contributed by atoms with Gasteiger partial charge in [-0.1, -0.05) is 36.0 Å². The van der Waals surface area contributed by atoms with Gasteiger partial charge >= 0.3 is 0 Å². The van der Waals surface area contributed by atoms with Crippen LogP contribution < -0.4 is 4.74 Å². The standard InChI is InChI=1S/C32H34OS/c1-21-7-13-29(17-23(21)3)33-30-14-11-27(25(5)18-30)9-10-28-12-16-32(20-26(28)6)34-31-15-8-22(2)24(4)19-31/h7-8,11-20H,9-10H2,1-6H3. The van der Waals surface area contributed by atoms with Gasteiger partial charge in [-0.25, -0.2) is 0 Å². The van der Waals surface area contributed by atoms with E-state index in [1.165, 1.54) is 54.3 Å². The van der Waals surface area contributed by atoms with Gasteiger partial charge in [-0.2, -0.15) is 0 Å². The van der Waals surface area contributed by atoms with Crippen molar-refractivity contribution in [1.29, 1.82) is 0 Å². The van der Waals surface area contributed by atoms with E-state index < -0.39 is 0 Å². The maximum atomic E-state index is 6.11. The Bertz CT molecular complexity index is 1220. The fraction of sp³-hybridized carbons (Fsp3) is 0.250. The Morgan fingerprint density at radius 2 is 0.912 bits per heavy atom. The van der Waals surface area contributed by atoms with E-state index in [0.717, 1.165) is 24.3 Å². The molecule has 0 aliphatic rings. The number of benzene rings is 4. The van der Waals surface area contributed by atoms with E-state index in [-0.39, 0.29) is 0 Å². The summed E-state index contributed by atoms with van der Waals surface area (Å²) in [5.74, 6) is 1.79. The molecule has 2 heteroatoms. The van der Waals surface area contributed by atoms with Crippen molar-refractivity contribution in [2.75, 3.05) is 0 Å². The molecule has 0 fully saturated rings. The summed E-state index contributed by atoms with van der Waals surface area (Å²) < 4.78 is 6.11.